The van der Waals surface area contributed by atoms with E-state index < -0.39 is 5.60 Å². The van der Waals surface area contributed by atoms with E-state index in [-0.39, 0.29) is 18.4 Å². The van der Waals surface area contributed by atoms with Crippen LogP contribution in [0, 0.1) is 0 Å². The van der Waals surface area contributed by atoms with Gasteiger partial charge in [0.2, 0.25) is 0 Å². The molecule has 1 aliphatic heterocycles. The summed E-state index contributed by atoms with van der Waals surface area (Å²) in [5, 5.41) is 0. The number of benzene rings is 2. The average Bonchev–Trinajstić information content (AvgIpc) is 2.82. The highest BCUT2D eigenvalue weighted by Crippen LogP contribution is 2.45. The maximum absolute atomic E-state index is 12.3. The normalized spacial score (nSPS) is 19.2. The second kappa shape index (κ2) is 7.16. The lowest BCUT2D eigenvalue weighted by molar-refractivity contribution is 0.00584. The predicted octanol–water partition coefficient (Wildman–Crippen LogP) is 3.86. The van der Waals surface area contributed by atoms with Gasteiger partial charge in [-0.25, -0.2) is 4.79 Å². The Balaban J connectivity index is 0.00000192. The molecule has 0 saturated heterocycles. The van der Waals surface area contributed by atoms with Gasteiger partial charge in [0, 0.05) is 11.1 Å². The monoisotopic (exact) mass is 331 g/mol. The van der Waals surface area contributed by atoms with Crippen LogP contribution in [0.25, 0.3) is 0 Å². The third-order valence-electron chi connectivity index (χ3n) is 4.22. The van der Waals surface area contributed by atoms with Crippen LogP contribution in [-0.4, -0.2) is 31.5 Å². The zero-order chi connectivity index (χ0) is 15.6. The Morgan fingerprint density at radius 3 is 2.35 bits per heavy atom. The van der Waals surface area contributed by atoms with Crippen LogP contribution in [0.5, 0.6) is 0 Å². The molecule has 23 heavy (non-hydrogen) atoms. The minimum absolute atomic E-state index is 0. The van der Waals surface area contributed by atoms with E-state index in [1.54, 1.807) is 0 Å². The molecule has 3 rings (SSSR count). The fraction of sp³-hybridized carbons (Fsp3) is 0.316. The Morgan fingerprint density at radius 2 is 1.65 bits per heavy atom. The van der Waals surface area contributed by atoms with Crippen molar-refractivity contribution in [1.29, 1.82) is 0 Å². The number of nitrogens with zero attached hydrogens (tertiary/aromatic N) is 1. The molecule has 2 aromatic rings. The molecule has 0 amide bonds. The summed E-state index contributed by atoms with van der Waals surface area (Å²) in [5.74, 6) is -0.218. The first kappa shape index (κ1) is 17.5. The van der Waals surface area contributed by atoms with Crippen molar-refractivity contribution in [2.24, 2.45) is 0 Å². The number of rotatable bonds is 5. The van der Waals surface area contributed by atoms with Crippen LogP contribution in [0.1, 0.15) is 34.3 Å². The van der Waals surface area contributed by atoms with Crippen LogP contribution in [0.15, 0.2) is 54.6 Å². The number of halogens is 1. The summed E-state index contributed by atoms with van der Waals surface area (Å²) in [6.07, 6.45) is 1.75. The molecule has 4 heteroatoms. The molecule has 0 saturated carbocycles. The highest BCUT2D eigenvalue weighted by Gasteiger charge is 2.46. The van der Waals surface area contributed by atoms with Gasteiger partial charge in [-0.1, -0.05) is 48.5 Å². The molecule has 0 radical (unpaired) electrons. The molecule has 122 valence electrons. The Bertz CT molecular complexity index is 672. The second-order valence-electron chi connectivity index (χ2n) is 6.03. The third-order valence-corrected chi connectivity index (χ3v) is 4.22. The van der Waals surface area contributed by atoms with Crippen molar-refractivity contribution >= 4 is 18.4 Å². The number of esters is 1. The number of hydrogen-bond acceptors (Lipinski definition) is 3. The molecule has 3 nitrogen and oxygen atoms in total. The van der Waals surface area contributed by atoms with Crippen molar-refractivity contribution in [2.75, 3.05) is 20.6 Å². The number of fused-ring (bicyclic) bond motifs is 1. The van der Waals surface area contributed by atoms with Gasteiger partial charge in [-0.05, 0) is 39.5 Å². The Kier molecular flexibility index (Phi) is 5.45. The van der Waals surface area contributed by atoms with Gasteiger partial charge in [0.05, 0.1) is 5.56 Å². The van der Waals surface area contributed by atoms with E-state index in [0.717, 1.165) is 30.5 Å². The molecule has 1 atom stereocenters. The number of carbonyl (C=O) groups is 1. The molecular weight excluding hydrogens is 310 g/mol. The molecule has 1 aliphatic rings. The minimum Gasteiger partial charge on any atom is -0.446 e. The molecule has 2 aromatic carbocycles. The predicted molar refractivity (Wildman–Crippen MR) is 94.1 cm³/mol. The van der Waals surface area contributed by atoms with Crippen LogP contribution in [0.2, 0.25) is 0 Å². The first-order chi connectivity index (χ1) is 10.6. The maximum Gasteiger partial charge on any atom is 0.339 e. The summed E-state index contributed by atoms with van der Waals surface area (Å²) in [6, 6.07) is 17.8. The minimum atomic E-state index is -0.648. The summed E-state index contributed by atoms with van der Waals surface area (Å²) < 4.78 is 5.93. The van der Waals surface area contributed by atoms with Crippen molar-refractivity contribution < 1.29 is 9.53 Å². The van der Waals surface area contributed by atoms with Gasteiger partial charge in [-0.15, -0.1) is 12.4 Å². The van der Waals surface area contributed by atoms with Crippen molar-refractivity contribution in [1.82, 2.24) is 4.90 Å². The van der Waals surface area contributed by atoms with Crippen LogP contribution in [0.4, 0.5) is 0 Å². The van der Waals surface area contributed by atoms with Gasteiger partial charge in [-0.3, -0.25) is 0 Å². The first-order valence-corrected chi connectivity index (χ1v) is 7.66. The van der Waals surface area contributed by atoms with E-state index in [9.17, 15) is 4.79 Å². The molecule has 0 unspecified atom stereocenters. The zero-order valence-corrected chi connectivity index (χ0v) is 14.3. The summed E-state index contributed by atoms with van der Waals surface area (Å²) >= 11 is 0. The lowest BCUT2D eigenvalue weighted by atomic mass is 9.82. The van der Waals surface area contributed by atoms with Crippen LogP contribution in [-0.2, 0) is 10.3 Å². The molecule has 0 aromatic heterocycles. The van der Waals surface area contributed by atoms with E-state index in [0.29, 0.717) is 5.56 Å². The second-order valence-corrected chi connectivity index (χ2v) is 6.03. The summed E-state index contributed by atoms with van der Waals surface area (Å²) in [6.45, 7) is 0.967. The Labute approximate surface area is 143 Å². The fourth-order valence-electron chi connectivity index (χ4n) is 3.18. The van der Waals surface area contributed by atoms with Crippen LogP contribution in [0.3, 0.4) is 0 Å². The quantitative estimate of drug-likeness (QED) is 0.779. The lowest BCUT2D eigenvalue weighted by Gasteiger charge is -2.30. The van der Waals surface area contributed by atoms with Crippen LogP contribution >= 0.6 is 12.4 Å². The fourth-order valence-corrected chi connectivity index (χ4v) is 3.18. The topological polar surface area (TPSA) is 29.5 Å². The van der Waals surface area contributed by atoms with Crippen molar-refractivity contribution in [3.05, 3.63) is 71.3 Å². The van der Waals surface area contributed by atoms with Crippen molar-refractivity contribution in [2.45, 2.75) is 18.4 Å². The SMILES string of the molecule is CN(C)CCC[C@]1(c2ccccc2)OC(=O)c2ccccc21.Cl. The number of ether oxygens (including phenoxy) is 1. The zero-order valence-electron chi connectivity index (χ0n) is 13.5. The molecule has 0 N–H and O–H groups in total. The Morgan fingerprint density at radius 1 is 1.00 bits per heavy atom. The van der Waals surface area contributed by atoms with Gasteiger partial charge >= 0.3 is 5.97 Å². The van der Waals surface area contributed by atoms with Gasteiger partial charge in [0.25, 0.3) is 0 Å². The highest BCUT2D eigenvalue weighted by atomic mass is 35.5. The molecule has 0 aliphatic carbocycles. The van der Waals surface area contributed by atoms with E-state index in [4.69, 9.17) is 4.74 Å². The van der Waals surface area contributed by atoms with Crippen molar-refractivity contribution in [3.8, 4) is 0 Å². The van der Waals surface area contributed by atoms with E-state index >= 15 is 0 Å². The Hall–Kier alpha value is -1.84. The number of carbonyl (C=O) groups excluding carboxylic acids is 1. The smallest absolute Gasteiger partial charge is 0.339 e. The van der Waals surface area contributed by atoms with Gasteiger partial charge in [0.15, 0.2) is 5.60 Å². The maximum atomic E-state index is 12.3. The molecule has 0 bridgehead atoms. The van der Waals surface area contributed by atoms with E-state index in [2.05, 4.69) is 19.0 Å². The van der Waals surface area contributed by atoms with Crippen LogP contribution < -0.4 is 0 Å². The summed E-state index contributed by atoms with van der Waals surface area (Å²) in [5.41, 5.74) is 2.08. The average molecular weight is 332 g/mol. The summed E-state index contributed by atoms with van der Waals surface area (Å²) in [4.78, 5) is 14.5. The van der Waals surface area contributed by atoms with Gasteiger partial charge < -0.3 is 9.64 Å². The molecule has 0 fully saturated rings. The van der Waals surface area contributed by atoms with Gasteiger partial charge in [0.1, 0.15) is 0 Å². The molecule has 0 spiro atoms. The molecular formula is C19H22ClNO2. The third kappa shape index (κ3) is 3.26. The van der Waals surface area contributed by atoms with E-state index in [1.807, 2.05) is 54.6 Å². The van der Waals surface area contributed by atoms with Gasteiger partial charge in [-0.2, -0.15) is 0 Å². The highest BCUT2D eigenvalue weighted by molar-refractivity contribution is 5.95. The summed E-state index contributed by atoms with van der Waals surface area (Å²) in [7, 11) is 4.12. The van der Waals surface area contributed by atoms with E-state index in [1.165, 1.54) is 0 Å². The largest absolute Gasteiger partial charge is 0.446 e. The lowest BCUT2D eigenvalue weighted by Crippen LogP contribution is -2.29. The molecule has 1 heterocycles. The first-order valence-electron chi connectivity index (χ1n) is 7.66. The van der Waals surface area contributed by atoms with Crippen molar-refractivity contribution in [3.63, 3.8) is 0 Å². The number of cyclic esters (lactones) is 1. The number of hydrogen-bond donors (Lipinski definition) is 0. The standard InChI is InChI=1S/C19H21NO2.ClH/c1-20(2)14-8-13-19(15-9-4-3-5-10-15)17-12-7-6-11-16(17)18(21)22-19;/h3-7,9-12H,8,13-14H2,1-2H3;1H/t19-;/m1./s1.